The monoisotopic (exact) mass is 359 g/mol. The third-order valence-electron chi connectivity index (χ3n) is 4.35. The van der Waals surface area contributed by atoms with Crippen molar-refractivity contribution in [2.24, 2.45) is 5.41 Å². The molecular weight excluding hydrogens is 342 g/mol. The number of carbonyl (C=O) groups excluding carboxylic acids is 1. The molecule has 0 radical (unpaired) electrons. The number of carbonyl (C=O) groups is 2. The Morgan fingerprint density at radius 2 is 1.92 bits per heavy atom. The number of hydrogen-bond donors (Lipinski definition) is 2. The second-order valence-electron chi connectivity index (χ2n) is 6.26. The molecule has 1 aromatic heterocycles. The maximum absolute atomic E-state index is 13.0. The second-order valence-corrected chi connectivity index (χ2v) is 6.64. The maximum atomic E-state index is 13.0. The van der Waals surface area contributed by atoms with Crippen molar-refractivity contribution < 1.29 is 14.7 Å². The average Bonchev–Trinajstić information content (AvgIpc) is 3.39. The highest BCUT2D eigenvalue weighted by molar-refractivity contribution is 6.29. The Labute approximate surface area is 150 Å². The lowest BCUT2D eigenvalue weighted by Crippen LogP contribution is -2.41. The van der Waals surface area contributed by atoms with Gasteiger partial charge >= 0.3 is 6.09 Å². The first kappa shape index (κ1) is 17.2. The van der Waals surface area contributed by atoms with Crippen LogP contribution in [0.4, 0.5) is 10.5 Å². The van der Waals surface area contributed by atoms with E-state index in [4.69, 9.17) is 16.7 Å². The number of halogens is 1. The zero-order valence-corrected chi connectivity index (χ0v) is 14.2. The molecule has 1 aliphatic carbocycles. The second kappa shape index (κ2) is 7.11. The van der Waals surface area contributed by atoms with Crippen molar-refractivity contribution in [3.05, 3.63) is 59.4 Å². The lowest BCUT2D eigenvalue weighted by molar-refractivity contribution is 0.0981. The molecule has 0 spiro atoms. The summed E-state index contributed by atoms with van der Waals surface area (Å²) in [6, 6.07) is 12.4. The number of hydrogen-bond acceptors (Lipinski definition) is 3. The predicted molar refractivity (Wildman–Crippen MR) is 95.1 cm³/mol. The Hall–Kier alpha value is -2.60. The normalized spacial score (nSPS) is 14.6. The number of rotatable bonds is 6. The average molecular weight is 360 g/mol. The largest absolute Gasteiger partial charge is 0.465 e. The van der Waals surface area contributed by atoms with Gasteiger partial charge in [0, 0.05) is 24.1 Å². The topological polar surface area (TPSA) is 82.5 Å². The summed E-state index contributed by atoms with van der Waals surface area (Å²) < 4.78 is 0. The summed E-state index contributed by atoms with van der Waals surface area (Å²) in [4.78, 5) is 29.5. The fraction of sp³-hybridized carbons (Fsp3) is 0.278. The summed E-state index contributed by atoms with van der Waals surface area (Å²) in [5, 5.41) is 11.6. The zero-order valence-electron chi connectivity index (χ0n) is 13.5. The van der Waals surface area contributed by atoms with E-state index in [1.807, 2.05) is 18.2 Å². The van der Waals surface area contributed by atoms with Crippen LogP contribution in [-0.2, 0) is 0 Å². The first-order valence-corrected chi connectivity index (χ1v) is 8.32. The quantitative estimate of drug-likeness (QED) is 0.774. The summed E-state index contributed by atoms with van der Waals surface area (Å²) in [6.45, 7) is 0.742. The van der Waals surface area contributed by atoms with E-state index in [-0.39, 0.29) is 11.3 Å². The fourth-order valence-electron chi connectivity index (χ4n) is 2.71. The number of aromatic nitrogens is 1. The molecule has 25 heavy (non-hydrogen) atoms. The Kier molecular flexibility index (Phi) is 4.90. The van der Waals surface area contributed by atoms with Crippen LogP contribution in [0.1, 0.15) is 23.2 Å². The number of amides is 2. The molecule has 1 fully saturated rings. The number of nitrogens with one attached hydrogen (secondary N) is 1. The van der Waals surface area contributed by atoms with Crippen LogP contribution in [0.5, 0.6) is 0 Å². The molecule has 7 heteroatoms. The molecule has 0 unspecified atom stereocenters. The molecule has 2 aromatic rings. The first-order chi connectivity index (χ1) is 12.0. The van der Waals surface area contributed by atoms with Gasteiger partial charge in [-0.25, -0.2) is 9.78 Å². The van der Waals surface area contributed by atoms with Crippen LogP contribution >= 0.6 is 11.6 Å². The van der Waals surface area contributed by atoms with E-state index in [0.717, 1.165) is 12.8 Å². The van der Waals surface area contributed by atoms with Gasteiger partial charge in [0.2, 0.25) is 0 Å². The van der Waals surface area contributed by atoms with E-state index in [0.29, 0.717) is 29.5 Å². The van der Waals surface area contributed by atoms with Crippen LogP contribution < -0.4 is 10.2 Å². The van der Waals surface area contributed by atoms with Gasteiger partial charge in [0.05, 0.1) is 11.9 Å². The number of pyridine rings is 1. The minimum Gasteiger partial charge on any atom is -0.465 e. The molecule has 0 saturated heterocycles. The first-order valence-electron chi connectivity index (χ1n) is 7.94. The van der Waals surface area contributed by atoms with Gasteiger partial charge in [-0.2, -0.15) is 0 Å². The third kappa shape index (κ3) is 4.28. The van der Waals surface area contributed by atoms with Gasteiger partial charge in [0.1, 0.15) is 5.15 Å². The van der Waals surface area contributed by atoms with E-state index < -0.39 is 6.09 Å². The van der Waals surface area contributed by atoms with Gasteiger partial charge in [-0.05, 0) is 37.1 Å². The standard InChI is InChI=1S/C18H18ClN3O3/c19-15-7-6-14(10-20-15)22(16(23)13-4-2-1-3-5-13)12-18(8-9-18)11-21-17(24)25/h1-7,10,21H,8-9,11-12H2,(H,24,25). The smallest absolute Gasteiger partial charge is 0.404 e. The fourth-order valence-corrected chi connectivity index (χ4v) is 2.82. The Morgan fingerprint density at radius 3 is 2.48 bits per heavy atom. The van der Waals surface area contributed by atoms with Crippen molar-refractivity contribution in [3.8, 4) is 0 Å². The van der Waals surface area contributed by atoms with E-state index >= 15 is 0 Å². The molecule has 1 aliphatic rings. The van der Waals surface area contributed by atoms with Crippen molar-refractivity contribution in [1.82, 2.24) is 10.3 Å². The van der Waals surface area contributed by atoms with Crippen molar-refractivity contribution in [1.29, 1.82) is 0 Å². The number of nitrogens with zero attached hydrogens (tertiary/aromatic N) is 2. The van der Waals surface area contributed by atoms with Gasteiger partial charge < -0.3 is 15.3 Å². The Bertz CT molecular complexity index is 761. The van der Waals surface area contributed by atoms with Crippen LogP contribution in [0.25, 0.3) is 0 Å². The van der Waals surface area contributed by atoms with Crippen molar-refractivity contribution in [3.63, 3.8) is 0 Å². The molecule has 130 valence electrons. The van der Waals surface area contributed by atoms with Gasteiger partial charge in [-0.3, -0.25) is 4.79 Å². The molecule has 2 N–H and O–H groups in total. The Morgan fingerprint density at radius 1 is 1.20 bits per heavy atom. The molecule has 2 amide bonds. The van der Waals surface area contributed by atoms with Crippen LogP contribution in [0.2, 0.25) is 5.15 Å². The minimum atomic E-state index is -1.06. The summed E-state index contributed by atoms with van der Waals surface area (Å²) >= 11 is 5.85. The summed E-state index contributed by atoms with van der Waals surface area (Å²) in [7, 11) is 0. The van der Waals surface area contributed by atoms with Crippen molar-refractivity contribution in [2.45, 2.75) is 12.8 Å². The SMILES string of the molecule is O=C(O)NCC1(CN(C(=O)c2ccccc2)c2ccc(Cl)nc2)CC1. The van der Waals surface area contributed by atoms with E-state index in [9.17, 15) is 9.59 Å². The summed E-state index contributed by atoms with van der Waals surface area (Å²) in [5.74, 6) is -0.147. The molecule has 1 aromatic carbocycles. The molecule has 0 bridgehead atoms. The van der Waals surface area contributed by atoms with Gasteiger partial charge in [0.25, 0.3) is 5.91 Å². The molecule has 3 rings (SSSR count). The van der Waals surface area contributed by atoms with E-state index in [1.54, 1.807) is 35.4 Å². The van der Waals surface area contributed by atoms with Crippen molar-refractivity contribution >= 4 is 29.3 Å². The molecule has 1 saturated carbocycles. The Balaban J connectivity index is 1.86. The highest BCUT2D eigenvalue weighted by atomic mass is 35.5. The highest BCUT2D eigenvalue weighted by Crippen LogP contribution is 2.46. The van der Waals surface area contributed by atoms with E-state index in [2.05, 4.69) is 10.3 Å². The highest BCUT2D eigenvalue weighted by Gasteiger charge is 2.45. The lowest BCUT2D eigenvalue weighted by Gasteiger charge is -2.27. The van der Waals surface area contributed by atoms with Crippen LogP contribution in [0, 0.1) is 5.41 Å². The predicted octanol–water partition coefficient (Wildman–Crippen LogP) is 3.43. The summed E-state index contributed by atoms with van der Waals surface area (Å²) in [5.41, 5.74) is 0.974. The van der Waals surface area contributed by atoms with E-state index in [1.165, 1.54) is 0 Å². The van der Waals surface area contributed by atoms with Crippen LogP contribution in [0.15, 0.2) is 48.7 Å². The van der Waals surface area contributed by atoms with Gasteiger partial charge in [0.15, 0.2) is 0 Å². The molecule has 1 heterocycles. The van der Waals surface area contributed by atoms with Crippen LogP contribution in [0.3, 0.4) is 0 Å². The number of benzene rings is 1. The van der Waals surface area contributed by atoms with Gasteiger partial charge in [-0.15, -0.1) is 0 Å². The maximum Gasteiger partial charge on any atom is 0.404 e. The van der Waals surface area contributed by atoms with Crippen LogP contribution in [-0.4, -0.2) is 35.2 Å². The third-order valence-corrected chi connectivity index (χ3v) is 4.58. The molecular formula is C18H18ClN3O3. The molecule has 6 nitrogen and oxygen atoms in total. The number of carboxylic acid groups (broad SMARTS) is 1. The summed E-state index contributed by atoms with van der Waals surface area (Å²) in [6.07, 6.45) is 2.24. The van der Waals surface area contributed by atoms with Crippen molar-refractivity contribution in [2.75, 3.05) is 18.0 Å². The molecule has 0 atom stereocenters. The lowest BCUT2D eigenvalue weighted by atomic mass is 10.1. The van der Waals surface area contributed by atoms with Gasteiger partial charge in [-0.1, -0.05) is 29.8 Å². The molecule has 0 aliphatic heterocycles. The number of anilines is 1. The minimum absolute atomic E-state index is 0.147. The zero-order chi connectivity index (χ0) is 17.9.